The van der Waals surface area contributed by atoms with Crippen LogP contribution in [-0.4, -0.2) is 0 Å². The zero-order valence-electron chi connectivity index (χ0n) is 15.7. The maximum Gasteiger partial charge on any atom is 0.0285 e. The molecule has 0 spiro atoms. The Morgan fingerprint density at radius 3 is 1.21 bits per heavy atom. The molecule has 0 nitrogen and oxygen atoms in total. The minimum atomic E-state index is -1.84. The lowest BCUT2D eigenvalue weighted by atomic mass is 10.1. The molecular weight excluding hydrogens is 423 g/mol. The van der Waals surface area contributed by atoms with Crippen LogP contribution in [0.3, 0.4) is 0 Å². The summed E-state index contributed by atoms with van der Waals surface area (Å²) < 4.78 is 0. The molecule has 0 aromatic heterocycles. The zero-order valence-corrected chi connectivity index (χ0v) is 18.2. The summed E-state index contributed by atoms with van der Waals surface area (Å²) in [5.41, 5.74) is 2.79. The van der Waals surface area contributed by atoms with Crippen molar-refractivity contribution >= 4 is 39.1 Å². The van der Waals surface area contributed by atoms with Crippen LogP contribution in [0.1, 0.15) is 11.1 Å². The third kappa shape index (κ3) is 3.70. The largest absolute Gasteiger partial charge is 0.0876 e. The highest BCUT2D eigenvalue weighted by Gasteiger charge is 2.34. The van der Waals surface area contributed by atoms with Gasteiger partial charge in [0, 0.05) is 11.5 Å². The first kappa shape index (κ1) is 19.1. The van der Waals surface area contributed by atoms with Crippen LogP contribution in [0.25, 0.3) is 0 Å². The number of hydrogen-bond acceptors (Lipinski definition) is 0. The molecule has 0 N–H and O–H groups in total. The quantitative estimate of drug-likeness (QED) is 0.249. The van der Waals surface area contributed by atoms with E-state index in [2.05, 4.69) is 131 Å². The number of alkyl halides is 1. The van der Waals surface area contributed by atoms with Crippen LogP contribution in [0.2, 0.25) is 0 Å². The standard InChI is InChI=1S/C26H23BrP/c27-20-22-12-10-11-13-23(22)21-28(24-14-4-1-5-15-24,25-16-6-2-7-17-25)26-18-8-3-9-19-26/h1-19H,20-21H2. The lowest BCUT2D eigenvalue weighted by Gasteiger charge is -2.39. The molecule has 0 fully saturated rings. The van der Waals surface area contributed by atoms with Crippen LogP contribution in [0.5, 0.6) is 0 Å². The van der Waals surface area contributed by atoms with E-state index in [4.69, 9.17) is 0 Å². The summed E-state index contributed by atoms with van der Waals surface area (Å²) >= 11 is 3.70. The van der Waals surface area contributed by atoms with Crippen molar-refractivity contribution in [1.29, 1.82) is 0 Å². The first-order valence-corrected chi connectivity index (χ1v) is 12.6. The van der Waals surface area contributed by atoms with E-state index in [1.54, 1.807) is 0 Å². The number of benzene rings is 4. The number of rotatable bonds is 6. The van der Waals surface area contributed by atoms with E-state index in [0.717, 1.165) is 11.5 Å². The summed E-state index contributed by atoms with van der Waals surface area (Å²) in [7, 11) is -1.84. The molecule has 2 heteroatoms. The Labute approximate surface area is 176 Å². The first-order chi connectivity index (χ1) is 13.8. The van der Waals surface area contributed by atoms with E-state index >= 15 is 0 Å². The van der Waals surface area contributed by atoms with Gasteiger partial charge in [-0.05, 0) is 34.3 Å². The molecule has 0 bridgehead atoms. The van der Waals surface area contributed by atoms with Gasteiger partial charge < -0.3 is 0 Å². The van der Waals surface area contributed by atoms with E-state index in [1.807, 2.05) is 0 Å². The Balaban J connectivity index is 2.01. The molecule has 1 radical (unpaired) electrons. The molecule has 0 atom stereocenters. The van der Waals surface area contributed by atoms with Gasteiger partial charge in [0.15, 0.2) is 0 Å². The van der Waals surface area contributed by atoms with Gasteiger partial charge in [0.2, 0.25) is 0 Å². The SMILES string of the molecule is BrCc1ccccc1C[P](c1ccccc1)(c1ccccc1)c1ccccc1. The van der Waals surface area contributed by atoms with Crippen LogP contribution < -0.4 is 15.9 Å². The molecular formula is C26H23BrP. The van der Waals surface area contributed by atoms with Gasteiger partial charge in [-0.25, -0.2) is 0 Å². The minimum absolute atomic E-state index is 0.877. The second-order valence-corrected chi connectivity index (χ2v) is 10.9. The van der Waals surface area contributed by atoms with Gasteiger partial charge in [-0.1, -0.05) is 131 Å². The summed E-state index contributed by atoms with van der Waals surface area (Å²) in [5.74, 6) is 0. The van der Waals surface area contributed by atoms with E-state index < -0.39 is 7.26 Å². The van der Waals surface area contributed by atoms with Crippen molar-refractivity contribution in [2.24, 2.45) is 0 Å². The van der Waals surface area contributed by atoms with Gasteiger partial charge in [-0.15, -0.1) is 0 Å². The fraction of sp³-hybridized carbons (Fsp3) is 0.0769. The smallest absolute Gasteiger partial charge is 0.0285 e. The highest BCUT2D eigenvalue weighted by atomic mass is 79.9. The maximum atomic E-state index is 3.70. The molecule has 4 rings (SSSR count). The summed E-state index contributed by atoms with van der Waals surface area (Å²) in [6.45, 7) is 0. The molecule has 4 aromatic carbocycles. The van der Waals surface area contributed by atoms with Crippen molar-refractivity contribution in [1.82, 2.24) is 0 Å². The molecule has 0 aliphatic heterocycles. The van der Waals surface area contributed by atoms with Crippen molar-refractivity contribution < 1.29 is 0 Å². The highest BCUT2D eigenvalue weighted by Crippen LogP contribution is 2.58. The molecule has 28 heavy (non-hydrogen) atoms. The lowest BCUT2D eigenvalue weighted by Crippen LogP contribution is -2.32. The normalized spacial score (nSPS) is 11.3. The third-order valence-corrected chi connectivity index (χ3v) is 10.2. The van der Waals surface area contributed by atoms with Gasteiger partial charge in [0.25, 0.3) is 0 Å². The van der Waals surface area contributed by atoms with Gasteiger partial charge >= 0.3 is 0 Å². The van der Waals surface area contributed by atoms with Crippen LogP contribution in [-0.2, 0) is 11.5 Å². The lowest BCUT2D eigenvalue weighted by molar-refractivity contribution is 1.28. The van der Waals surface area contributed by atoms with Gasteiger partial charge in [-0.2, -0.15) is 0 Å². The van der Waals surface area contributed by atoms with Crippen molar-refractivity contribution in [3.63, 3.8) is 0 Å². The second-order valence-electron chi connectivity index (χ2n) is 6.88. The number of hydrogen-bond donors (Lipinski definition) is 0. The average Bonchev–Trinajstić information content (AvgIpc) is 2.79. The Morgan fingerprint density at radius 2 is 0.821 bits per heavy atom. The molecule has 0 saturated heterocycles. The summed E-state index contributed by atoms with van der Waals surface area (Å²) in [4.78, 5) is 0. The predicted octanol–water partition coefficient (Wildman–Crippen LogP) is 6.08. The Hall–Kier alpha value is -2.21. The third-order valence-electron chi connectivity index (χ3n) is 5.26. The fourth-order valence-electron chi connectivity index (χ4n) is 3.87. The Bertz CT molecular complexity index is 917. The minimum Gasteiger partial charge on any atom is -0.0876 e. The topological polar surface area (TPSA) is 0 Å². The molecule has 0 aliphatic carbocycles. The monoisotopic (exact) mass is 445 g/mol. The first-order valence-electron chi connectivity index (χ1n) is 9.52. The van der Waals surface area contributed by atoms with Crippen LogP contribution in [0.4, 0.5) is 0 Å². The van der Waals surface area contributed by atoms with E-state index in [-0.39, 0.29) is 0 Å². The summed E-state index contributed by atoms with van der Waals surface area (Å²) in [5, 5.41) is 5.16. The van der Waals surface area contributed by atoms with Crippen molar-refractivity contribution in [2.45, 2.75) is 11.5 Å². The van der Waals surface area contributed by atoms with Crippen molar-refractivity contribution in [2.75, 3.05) is 0 Å². The molecule has 139 valence electrons. The van der Waals surface area contributed by atoms with Gasteiger partial charge in [0.1, 0.15) is 0 Å². The Morgan fingerprint density at radius 1 is 0.464 bits per heavy atom. The molecule has 0 amide bonds. The predicted molar refractivity (Wildman–Crippen MR) is 128 cm³/mol. The van der Waals surface area contributed by atoms with Crippen LogP contribution in [0, 0.1) is 0 Å². The van der Waals surface area contributed by atoms with Crippen molar-refractivity contribution in [3.8, 4) is 0 Å². The van der Waals surface area contributed by atoms with Crippen molar-refractivity contribution in [3.05, 3.63) is 126 Å². The Kier molecular flexibility index (Phi) is 6.05. The van der Waals surface area contributed by atoms with E-state index in [0.29, 0.717) is 0 Å². The van der Waals surface area contributed by atoms with E-state index in [9.17, 15) is 0 Å². The molecule has 0 unspecified atom stereocenters. The molecule has 4 aromatic rings. The average molecular weight is 446 g/mol. The zero-order chi connectivity index (χ0) is 19.2. The van der Waals surface area contributed by atoms with E-state index in [1.165, 1.54) is 27.0 Å². The number of halogens is 1. The molecule has 0 heterocycles. The summed E-state index contributed by atoms with van der Waals surface area (Å²) in [6, 6.07) is 42.1. The van der Waals surface area contributed by atoms with Gasteiger partial charge in [-0.3, -0.25) is 0 Å². The highest BCUT2D eigenvalue weighted by molar-refractivity contribution is 9.08. The molecule has 0 saturated carbocycles. The van der Waals surface area contributed by atoms with Crippen LogP contribution in [0.15, 0.2) is 115 Å². The second kappa shape index (κ2) is 8.86. The fourth-order valence-corrected chi connectivity index (χ4v) is 8.72. The summed E-state index contributed by atoms with van der Waals surface area (Å²) in [6.07, 6.45) is 1.02. The molecule has 0 aliphatic rings. The van der Waals surface area contributed by atoms with Crippen LogP contribution >= 0.6 is 23.2 Å². The van der Waals surface area contributed by atoms with Gasteiger partial charge in [0.05, 0.1) is 0 Å². The maximum absolute atomic E-state index is 3.70.